The van der Waals surface area contributed by atoms with Crippen molar-refractivity contribution >= 4 is 11.4 Å². The number of hydrogen-bond acceptors (Lipinski definition) is 3. The Morgan fingerprint density at radius 1 is 1.00 bits per heavy atom. The number of anilines is 2. The second-order valence-electron chi connectivity index (χ2n) is 8.87. The number of aryl methyl sites for hydroxylation is 1. The summed E-state index contributed by atoms with van der Waals surface area (Å²) in [4.78, 5) is 2.40. The number of nitrogens with zero attached hydrogens (tertiary/aromatic N) is 1. The molecule has 2 aromatic rings. The molecule has 0 bridgehead atoms. The van der Waals surface area contributed by atoms with E-state index in [4.69, 9.17) is 0 Å². The number of fused-ring (bicyclic) bond motifs is 2. The maximum Gasteiger partial charge on any atom is 0.416 e. The van der Waals surface area contributed by atoms with Gasteiger partial charge in [0.05, 0.1) is 11.1 Å². The van der Waals surface area contributed by atoms with Crippen LogP contribution in [0.5, 0.6) is 0 Å². The predicted molar refractivity (Wildman–Crippen MR) is 110 cm³/mol. The minimum absolute atomic E-state index is 0.340. The van der Waals surface area contributed by atoms with E-state index in [1.807, 2.05) is 12.1 Å². The van der Waals surface area contributed by atoms with Crippen molar-refractivity contribution in [2.75, 3.05) is 36.4 Å². The molecule has 172 valence electrons. The van der Waals surface area contributed by atoms with Crippen molar-refractivity contribution in [2.24, 2.45) is 5.92 Å². The average molecular weight is 455 g/mol. The first-order valence-electron chi connectivity index (χ1n) is 10.7. The van der Waals surface area contributed by atoms with Crippen LogP contribution >= 0.6 is 0 Å². The Bertz CT molecular complexity index is 1030. The van der Waals surface area contributed by atoms with Crippen molar-refractivity contribution < 1.29 is 26.3 Å². The first kappa shape index (κ1) is 21.4. The highest BCUT2D eigenvalue weighted by atomic mass is 19.4. The van der Waals surface area contributed by atoms with Crippen LogP contribution in [0.15, 0.2) is 30.3 Å². The molecule has 2 unspecified atom stereocenters. The first-order chi connectivity index (χ1) is 15.1. The number of alkyl halides is 6. The van der Waals surface area contributed by atoms with Crippen LogP contribution in [0.3, 0.4) is 0 Å². The maximum atomic E-state index is 13.4. The number of rotatable bonds is 3. The minimum atomic E-state index is -4.73. The highest BCUT2D eigenvalue weighted by Gasteiger charge is 2.39. The molecule has 3 nitrogen and oxygen atoms in total. The van der Waals surface area contributed by atoms with E-state index in [1.54, 1.807) is 0 Å². The zero-order valence-corrected chi connectivity index (χ0v) is 17.2. The predicted octanol–water partition coefficient (Wildman–Crippen LogP) is 5.41. The second kappa shape index (κ2) is 7.57. The van der Waals surface area contributed by atoms with E-state index in [2.05, 4.69) is 15.5 Å². The summed E-state index contributed by atoms with van der Waals surface area (Å²) < 4.78 is 79.6. The van der Waals surface area contributed by atoms with E-state index in [-0.39, 0.29) is 6.54 Å². The lowest BCUT2D eigenvalue weighted by Gasteiger charge is -2.42. The van der Waals surface area contributed by atoms with Crippen LogP contribution in [-0.4, -0.2) is 26.2 Å². The average Bonchev–Trinajstić information content (AvgIpc) is 3.19. The van der Waals surface area contributed by atoms with E-state index in [9.17, 15) is 26.3 Å². The van der Waals surface area contributed by atoms with Gasteiger partial charge < -0.3 is 15.5 Å². The molecule has 2 atom stereocenters. The largest absolute Gasteiger partial charge is 0.416 e. The molecule has 5 rings (SSSR count). The van der Waals surface area contributed by atoms with Gasteiger partial charge in [-0.1, -0.05) is 0 Å². The van der Waals surface area contributed by atoms with Crippen LogP contribution in [-0.2, 0) is 25.3 Å². The highest BCUT2D eigenvalue weighted by molar-refractivity contribution is 5.70. The molecule has 0 aliphatic carbocycles. The Balaban J connectivity index is 1.48. The molecule has 2 aromatic carbocycles. The van der Waals surface area contributed by atoms with Gasteiger partial charge in [-0.25, -0.2) is 0 Å². The van der Waals surface area contributed by atoms with Gasteiger partial charge in [0.25, 0.3) is 0 Å². The molecule has 2 N–H and O–H groups in total. The number of halogens is 6. The molecule has 1 saturated heterocycles. The first-order valence-corrected chi connectivity index (χ1v) is 10.7. The highest BCUT2D eigenvalue weighted by Crippen LogP contribution is 2.46. The summed E-state index contributed by atoms with van der Waals surface area (Å²) in [6, 6.07) is 5.51. The molecule has 1 fully saturated rings. The van der Waals surface area contributed by atoms with Gasteiger partial charge in [-0.3, -0.25) is 0 Å². The fourth-order valence-electron chi connectivity index (χ4n) is 5.40. The SMILES string of the molecule is FC(F)(F)c1ccc(C(F)(F)F)c(CNc2cc3c4c(c2)C2CNCC2CN4CCC3)c1. The van der Waals surface area contributed by atoms with E-state index in [0.29, 0.717) is 35.7 Å². The summed E-state index contributed by atoms with van der Waals surface area (Å²) in [6.07, 6.45) is -7.54. The van der Waals surface area contributed by atoms with E-state index < -0.39 is 29.0 Å². The van der Waals surface area contributed by atoms with Gasteiger partial charge in [-0.05, 0) is 65.8 Å². The smallest absolute Gasteiger partial charge is 0.381 e. The molecule has 0 saturated carbocycles. The quantitative estimate of drug-likeness (QED) is 0.607. The molecule has 0 amide bonds. The zero-order valence-electron chi connectivity index (χ0n) is 17.2. The zero-order chi connectivity index (χ0) is 22.7. The molecule has 0 radical (unpaired) electrons. The molecule has 3 heterocycles. The van der Waals surface area contributed by atoms with Gasteiger partial charge in [0.15, 0.2) is 0 Å². The Morgan fingerprint density at radius 2 is 1.81 bits per heavy atom. The van der Waals surface area contributed by atoms with E-state index in [0.717, 1.165) is 44.6 Å². The third kappa shape index (κ3) is 3.80. The number of hydrogen-bond donors (Lipinski definition) is 2. The van der Waals surface area contributed by atoms with E-state index >= 15 is 0 Å². The Labute approximate surface area is 181 Å². The third-order valence-corrected chi connectivity index (χ3v) is 6.82. The molecule has 3 aliphatic heterocycles. The Kier molecular flexibility index (Phi) is 5.07. The van der Waals surface area contributed by atoms with Crippen molar-refractivity contribution in [3.05, 3.63) is 58.1 Å². The van der Waals surface area contributed by atoms with Gasteiger partial charge in [-0.15, -0.1) is 0 Å². The van der Waals surface area contributed by atoms with Crippen LogP contribution in [0.25, 0.3) is 0 Å². The van der Waals surface area contributed by atoms with Crippen LogP contribution in [0.2, 0.25) is 0 Å². The second-order valence-corrected chi connectivity index (χ2v) is 8.87. The van der Waals surface area contributed by atoms with Crippen molar-refractivity contribution in [3.63, 3.8) is 0 Å². The van der Waals surface area contributed by atoms with E-state index in [1.165, 1.54) is 11.3 Å². The lowest BCUT2D eigenvalue weighted by atomic mass is 9.80. The van der Waals surface area contributed by atoms with Crippen molar-refractivity contribution in [3.8, 4) is 0 Å². The molecule has 32 heavy (non-hydrogen) atoms. The van der Waals surface area contributed by atoms with Crippen LogP contribution in [0, 0.1) is 5.92 Å². The number of benzene rings is 2. The monoisotopic (exact) mass is 455 g/mol. The van der Waals surface area contributed by atoms with Gasteiger partial charge in [0, 0.05) is 50.0 Å². The third-order valence-electron chi connectivity index (χ3n) is 6.82. The summed E-state index contributed by atoms with van der Waals surface area (Å²) in [5.74, 6) is 0.836. The van der Waals surface area contributed by atoms with Gasteiger partial charge in [0.1, 0.15) is 0 Å². The topological polar surface area (TPSA) is 27.3 Å². The van der Waals surface area contributed by atoms with Gasteiger partial charge in [-0.2, -0.15) is 26.3 Å². The lowest BCUT2D eigenvalue weighted by molar-refractivity contribution is -0.141. The van der Waals surface area contributed by atoms with Crippen LogP contribution in [0.1, 0.15) is 40.2 Å². The Morgan fingerprint density at radius 3 is 2.56 bits per heavy atom. The number of nitrogens with one attached hydrogen (secondary N) is 2. The van der Waals surface area contributed by atoms with Crippen LogP contribution in [0.4, 0.5) is 37.7 Å². The van der Waals surface area contributed by atoms with Crippen LogP contribution < -0.4 is 15.5 Å². The summed E-state index contributed by atoms with van der Waals surface area (Å²) in [7, 11) is 0. The van der Waals surface area contributed by atoms with Gasteiger partial charge in [0.2, 0.25) is 0 Å². The van der Waals surface area contributed by atoms with Crippen molar-refractivity contribution in [2.45, 2.75) is 37.7 Å². The normalized spacial score (nSPS) is 22.5. The maximum absolute atomic E-state index is 13.4. The molecular weight excluding hydrogens is 432 g/mol. The summed E-state index contributed by atoms with van der Waals surface area (Å²) in [6.45, 7) is 3.46. The van der Waals surface area contributed by atoms with Crippen molar-refractivity contribution in [1.82, 2.24) is 5.32 Å². The standard InChI is InChI=1S/C23H23F6N3/c24-22(25,26)16-3-4-20(23(27,28)29)14(6-16)10-31-17-7-13-2-1-5-32-12-15-9-30-11-19(15)18(8-17)21(13)32/h3-4,6-8,15,19,30-31H,1-2,5,9-12H2. The molecule has 3 aliphatic rings. The molecular formula is C23H23F6N3. The van der Waals surface area contributed by atoms with Gasteiger partial charge >= 0.3 is 12.4 Å². The molecule has 0 spiro atoms. The fraction of sp³-hybridized carbons (Fsp3) is 0.478. The molecule has 0 aromatic heterocycles. The minimum Gasteiger partial charge on any atom is -0.381 e. The molecule has 9 heteroatoms. The Hall–Kier alpha value is -2.42. The summed E-state index contributed by atoms with van der Waals surface area (Å²) in [5, 5.41) is 6.42. The summed E-state index contributed by atoms with van der Waals surface area (Å²) in [5.41, 5.74) is 1.68. The fourth-order valence-corrected chi connectivity index (χ4v) is 5.40. The summed E-state index contributed by atoms with van der Waals surface area (Å²) >= 11 is 0. The van der Waals surface area contributed by atoms with Crippen molar-refractivity contribution in [1.29, 1.82) is 0 Å². The lowest BCUT2D eigenvalue weighted by Crippen LogP contribution is -2.41.